The fraction of sp³-hybridized carbons (Fsp3) is 0.231. The summed E-state index contributed by atoms with van der Waals surface area (Å²) >= 11 is 5.65. The van der Waals surface area contributed by atoms with E-state index >= 15 is 0 Å². The van der Waals surface area contributed by atoms with E-state index in [0.29, 0.717) is 5.02 Å². The lowest BCUT2D eigenvalue weighted by Crippen LogP contribution is -2.42. The average molecular weight is 331 g/mol. The Morgan fingerprint density at radius 2 is 1.76 bits per heavy atom. The van der Waals surface area contributed by atoms with Crippen molar-refractivity contribution in [1.82, 2.24) is 10.0 Å². The van der Waals surface area contributed by atoms with Gasteiger partial charge in [0.2, 0.25) is 5.91 Å². The number of carbonyl (C=O) groups is 2. The van der Waals surface area contributed by atoms with Crippen molar-refractivity contribution >= 4 is 33.6 Å². The summed E-state index contributed by atoms with van der Waals surface area (Å²) in [7, 11) is -4.04. The van der Waals surface area contributed by atoms with E-state index in [4.69, 9.17) is 11.6 Å². The van der Waals surface area contributed by atoms with Crippen molar-refractivity contribution in [3.63, 3.8) is 0 Å². The van der Waals surface area contributed by atoms with Crippen molar-refractivity contribution < 1.29 is 18.0 Å². The summed E-state index contributed by atoms with van der Waals surface area (Å²) in [5, 5.41) is 2.30. The lowest BCUT2D eigenvalue weighted by molar-refractivity contribution is -0.119. The summed E-state index contributed by atoms with van der Waals surface area (Å²) in [6.07, 6.45) is 1.62. The minimum absolute atomic E-state index is 0.00323. The number of halogens is 1. The number of nitrogens with one attached hydrogen (secondary N) is 2. The highest BCUT2D eigenvalue weighted by molar-refractivity contribution is 7.90. The van der Waals surface area contributed by atoms with Gasteiger partial charge in [0.15, 0.2) is 0 Å². The number of sulfonamides is 1. The molecule has 114 valence electrons. The first-order chi connectivity index (χ1) is 9.70. The largest absolute Gasteiger partial charge is 0.335 e. The maximum absolute atomic E-state index is 11.9. The minimum Gasteiger partial charge on any atom is -0.277 e. The van der Waals surface area contributed by atoms with Crippen LogP contribution < -0.4 is 10.0 Å². The van der Waals surface area contributed by atoms with Gasteiger partial charge < -0.3 is 0 Å². The van der Waals surface area contributed by atoms with Crippen LogP contribution in [0, 0.1) is 0 Å². The second-order valence-electron chi connectivity index (χ2n) is 4.42. The Hall–Kier alpha value is -1.86. The van der Waals surface area contributed by atoms with Gasteiger partial charge in [0.25, 0.3) is 10.0 Å². The van der Waals surface area contributed by atoms with E-state index < -0.39 is 22.0 Å². The third-order valence-electron chi connectivity index (χ3n) is 2.30. The van der Waals surface area contributed by atoms with Gasteiger partial charge in [-0.15, -0.1) is 0 Å². The Labute approximate surface area is 128 Å². The van der Waals surface area contributed by atoms with Crippen molar-refractivity contribution in [1.29, 1.82) is 0 Å². The summed E-state index contributed by atoms with van der Waals surface area (Å²) in [6.45, 7) is 3.61. The number of benzene rings is 1. The predicted molar refractivity (Wildman–Crippen MR) is 79.4 cm³/mol. The lowest BCUT2D eigenvalue weighted by atomic mass is 10.2. The minimum atomic E-state index is -4.04. The fourth-order valence-corrected chi connectivity index (χ4v) is 2.33. The van der Waals surface area contributed by atoms with Crippen LogP contribution >= 0.6 is 11.6 Å². The van der Waals surface area contributed by atoms with Crippen molar-refractivity contribution in [2.24, 2.45) is 0 Å². The first kappa shape index (κ1) is 17.2. The van der Waals surface area contributed by atoms with E-state index in [1.54, 1.807) is 24.6 Å². The maximum atomic E-state index is 11.9. The molecule has 21 heavy (non-hydrogen) atoms. The molecule has 0 bridgehead atoms. The molecule has 3 amide bonds. The molecule has 6 nitrogen and oxygen atoms in total. The van der Waals surface area contributed by atoms with Crippen LogP contribution in [0.1, 0.15) is 20.3 Å². The number of allylic oxidation sites excluding steroid dienone is 1. The summed E-state index contributed by atoms with van der Waals surface area (Å²) in [4.78, 5) is 22.8. The molecule has 0 saturated heterocycles. The van der Waals surface area contributed by atoms with Gasteiger partial charge in [0.1, 0.15) is 0 Å². The van der Waals surface area contributed by atoms with Crippen molar-refractivity contribution in [2.75, 3.05) is 0 Å². The Morgan fingerprint density at radius 1 is 1.19 bits per heavy atom. The van der Waals surface area contributed by atoms with Crippen LogP contribution in [0.25, 0.3) is 0 Å². The molecule has 1 aromatic carbocycles. The predicted octanol–water partition coefficient (Wildman–Crippen LogP) is 2.21. The van der Waals surface area contributed by atoms with Crippen molar-refractivity contribution in [3.8, 4) is 0 Å². The SMILES string of the molecule is CC(C)=CCC(=O)NC(=O)NS(=O)(=O)c1ccc(Cl)cc1. The van der Waals surface area contributed by atoms with Gasteiger partial charge in [0.05, 0.1) is 4.90 Å². The van der Waals surface area contributed by atoms with Crippen LogP contribution in [0.4, 0.5) is 4.79 Å². The van der Waals surface area contributed by atoms with Crippen LogP contribution in [0.3, 0.4) is 0 Å². The number of hydrogen-bond donors (Lipinski definition) is 2. The van der Waals surface area contributed by atoms with E-state index in [-0.39, 0.29) is 11.3 Å². The van der Waals surface area contributed by atoms with E-state index in [0.717, 1.165) is 5.57 Å². The zero-order chi connectivity index (χ0) is 16.0. The fourth-order valence-electron chi connectivity index (χ4n) is 1.29. The first-order valence-corrected chi connectivity index (χ1v) is 7.82. The molecule has 0 aliphatic rings. The van der Waals surface area contributed by atoms with Gasteiger partial charge in [-0.2, -0.15) is 0 Å². The smallest absolute Gasteiger partial charge is 0.277 e. The quantitative estimate of drug-likeness (QED) is 0.828. The number of urea groups is 1. The summed E-state index contributed by atoms with van der Waals surface area (Å²) in [5.41, 5.74) is 0.916. The molecule has 0 aliphatic carbocycles. The summed E-state index contributed by atoms with van der Waals surface area (Å²) in [6, 6.07) is 4.17. The van der Waals surface area contributed by atoms with Gasteiger partial charge in [-0.1, -0.05) is 23.3 Å². The molecule has 2 N–H and O–H groups in total. The Morgan fingerprint density at radius 3 is 2.29 bits per heavy atom. The number of imide groups is 1. The molecule has 0 atom stereocenters. The third kappa shape index (κ3) is 5.97. The van der Waals surface area contributed by atoms with Crippen LogP contribution in [-0.4, -0.2) is 20.4 Å². The molecule has 1 rings (SSSR count). The van der Waals surface area contributed by atoms with E-state index in [9.17, 15) is 18.0 Å². The normalized spacial score (nSPS) is 10.6. The number of rotatable bonds is 4. The van der Waals surface area contributed by atoms with Gasteiger partial charge in [0, 0.05) is 11.4 Å². The molecule has 0 radical (unpaired) electrons. The zero-order valence-corrected chi connectivity index (χ0v) is 13.1. The summed E-state index contributed by atoms with van der Waals surface area (Å²) < 4.78 is 25.5. The molecule has 0 saturated carbocycles. The molecule has 0 spiro atoms. The lowest BCUT2D eigenvalue weighted by Gasteiger charge is -2.07. The van der Waals surface area contributed by atoms with E-state index in [1.807, 2.05) is 5.32 Å². The second kappa shape index (κ2) is 7.24. The Bertz CT molecular complexity index is 662. The molecule has 0 aromatic heterocycles. The molecule has 0 heterocycles. The van der Waals surface area contributed by atoms with Crippen LogP contribution in [-0.2, 0) is 14.8 Å². The van der Waals surface area contributed by atoms with Crippen LogP contribution in [0.15, 0.2) is 40.8 Å². The molecule has 0 aliphatic heterocycles. The van der Waals surface area contributed by atoms with Gasteiger partial charge in [-0.3, -0.25) is 10.1 Å². The van der Waals surface area contributed by atoms with E-state index in [1.165, 1.54) is 24.3 Å². The second-order valence-corrected chi connectivity index (χ2v) is 6.54. The standard InChI is InChI=1S/C13H15ClN2O4S/c1-9(2)3-8-12(17)15-13(18)16-21(19,20)11-6-4-10(14)5-7-11/h3-7H,8H2,1-2H3,(H2,15,16,17,18). The molecule has 0 unspecified atom stereocenters. The van der Waals surface area contributed by atoms with Crippen molar-refractivity contribution in [2.45, 2.75) is 25.2 Å². The van der Waals surface area contributed by atoms with Crippen LogP contribution in [0.5, 0.6) is 0 Å². The number of amides is 3. The molecular formula is C13H15ClN2O4S. The highest BCUT2D eigenvalue weighted by atomic mass is 35.5. The third-order valence-corrected chi connectivity index (χ3v) is 3.90. The summed E-state index contributed by atoms with van der Waals surface area (Å²) in [5.74, 6) is -0.597. The highest BCUT2D eigenvalue weighted by Gasteiger charge is 2.18. The van der Waals surface area contributed by atoms with Crippen LogP contribution in [0.2, 0.25) is 5.02 Å². The Balaban J connectivity index is 2.67. The molecule has 0 fully saturated rings. The van der Waals surface area contributed by atoms with Gasteiger partial charge >= 0.3 is 6.03 Å². The molecule has 8 heteroatoms. The maximum Gasteiger partial charge on any atom is 0.335 e. The average Bonchev–Trinajstić information content (AvgIpc) is 2.36. The topological polar surface area (TPSA) is 92.3 Å². The monoisotopic (exact) mass is 330 g/mol. The van der Waals surface area contributed by atoms with Gasteiger partial charge in [-0.05, 0) is 38.1 Å². The highest BCUT2D eigenvalue weighted by Crippen LogP contribution is 2.13. The zero-order valence-electron chi connectivity index (χ0n) is 11.5. The first-order valence-electron chi connectivity index (χ1n) is 5.96. The Kier molecular flexibility index (Phi) is 5.92. The van der Waals surface area contributed by atoms with Crippen molar-refractivity contribution in [3.05, 3.63) is 40.9 Å². The molecular weight excluding hydrogens is 316 g/mol. The van der Waals surface area contributed by atoms with Gasteiger partial charge in [-0.25, -0.2) is 17.9 Å². The number of carbonyl (C=O) groups excluding carboxylic acids is 2. The van der Waals surface area contributed by atoms with E-state index in [2.05, 4.69) is 0 Å². The molecule has 1 aromatic rings. The number of hydrogen-bond acceptors (Lipinski definition) is 4.